The van der Waals surface area contributed by atoms with Gasteiger partial charge in [-0.15, -0.1) is 0 Å². The van der Waals surface area contributed by atoms with Gasteiger partial charge in [-0.05, 0) is 13.8 Å². The summed E-state index contributed by atoms with van der Waals surface area (Å²) in [6, 6.07) is 0. The summed E-state index contributed by atoms with van der Waals surface area (Å²) in [4.78, 5) is 11.5. The highest BCUT2D eigenvalue weighted by atomic mass is 32.2. The van der Waals surface area contributed by atoms with Crippen molar-refractivity contribution in [2.24, 2.45) is 0 Å². The Kier molecular flexibility index (Phi) is 4.82. The Bertz CT molecular complexity index is 508. The second-order valence-electron chi connectivity index (χ2n) is 3.53. The monoisotopic (exact) mass is 277 g/mol. The molecule has 0 saturated carbocycles. The second-order valence-corrected chi connectivity index (χ2v) is 5.24. The molecule has 0 aliphatic heterocycles. The van der Waals surface area contributed by atoms with Crippen molar-refractivity contribution in [1.82, 2.24) is 14.9 Å². The van der Waals surface area contributed by atoms with Gasteiger partial charge >= 0.3 is 5.97 Å². The number of nitrogens with one attached hydrogen (secondary N) is 2. The van der Waals surface area contributed by atoms with Crippen molar-refractivity contribution >= 4 is 16.0 Å². The first-order chi connectivity index (χ1) is 8.38. The molecule has 0 aliphatic carbocycles. The van der Waals surface area contributed by atoms with E-state index in [1.807, 2.05) is 0 Å². The van der Waals surface area contributed by atoms with E-state index in [0.717, 1.165) is 6.20 Å². The summed E-state index contributed by atoms with van der Waals surface area (Å²) in [7, 11) is -3.93. The third kappa shape index (κ3) is 3.52. The van der Waals surface area contributed by atoms with Gasteiger partial charge in [0, 0.05) is 6.54 Å². The molecule has 0 unspecified atom stereocenters. The van der Waals surface area contributed by atoms with Crippen LogP contribution in [0.4, 0.5) is 0 Å². The van der Waals surface area contributed by atoms with Crippen molar-refractivity contribution in [2.45, 2.75) is 25.0 Å². The quantitative estimate of drug-likeness (QED) is 0.588. The van der Waals surface area contributed by atoms with Gasteiger partial charge in [-0.2, -0.15) is 5.10 Å². The van der Waals surface area contributed by atoms with Crippen LogP contribution in [0.5, 0.6) is 0 Å². The summed E-state index contributed by atoms with van der Waals surface area (Å²) >= 11 is 0. The minimum atomic E-state index is -3.93. The molecule has 3 N–H and O–H groups in total. The summed E-state index contributed by atoms with van der Waals surface area (Å²) in [5.74, 6) is -0.774. The summed E-state index contributed by atoms with van der Waals surface area (Å²) in [6.07, 6.45) is 0.239. The first-order valence-electron chi connectivity index (χ1n) is 5.26. The maximum absolute atomic E-state index is 11.8. The Morgan fingerprint density at radius 1 is 1.67 bits per heavy atom. The molecule has 0 fully saturated rings. The number of esters is 1. The van der Waals surface area contributed by atoms with Crippen molar-refractivity contribution < 1.29 is 23.1 Å². The van der Waals surface area contributed by atoms with Crippen LogP contribution in [0.1, 0.15) is 24.2 Å². The fraction of sp³-hybridized carbons (Fsp3) is 0.556. The Balaban J connectivity index is 2.96. The van der Waals surface area contributed by atoms with Crippen LogP contribution < -0.4 is 4.72 Å². The number of aliphatic hydroxyl groups is 1. The largest absolute Gasteiger partial charge is 0.462 e. The van der Waals surface area contributed by atoms with Crippen LogP contribution in [-0.2, 0) is 14.8 Å². The van der Waals surface area contributed by atoms with E-state index >= 15 is 0 Å². The van der Waals surface area contributed by atoms with E-state index in [0.29, 0.717) is 0 Å². The molecule has 1 atom stereocenters. The lowest BCUT2D eigenvalue weighted by Gasteiger charge is -2.08. The number of nitrogens with zero attached hydrogens (tertiary/aromatic N) is 1. The molecule has 1 aromatic rings. The van der Waals surface area contributed by atoms with E-state index in [4.69, 9.17) is 9.84 Å². The molecule has 0 spiro atoms. The van der Waals surface area contributed by atoms with Gasteiger partial charge in [0.2, 0.25) is 0 Å². The predicted octanol–water partition coefficient (Wildman–Crippen LogP) is -0.754. The van der Waals surface area contributed by atoms with Crippen LogP contribution in [0.2, 0.25) is 0 Å². The average molecular weight is 277 g/mol. The molecular formula is C9H15N3O5S. The summed E-state index contributed by atoms with van der Waals surface area (Å²) in [6.45, 7) is 3.01. The molecule has 102 valence electrons. The van der Waals surface area contributed by atoms with E-state index in [2.05, 4.69) is 14.9 Å². The number of aromatic nitrogens is 2. The highest BCUT2D eigenvalue weighted by Crippen LogP contribution is 2.12. The summed E-state index contributed by atoms with van der Waals surface area (Å²) in [5, 5.41) is 14.4. The molecule has 18 heavy (non-hydrogen) atoms. The minimum Gasteiger partial charge on any atom is -0.462 e. The van der Waals surface area contributed by atoms with Crippen molar-refractivity contribution in [3.63, 3.8) is 0 Å². The number of hydrogen-bond donors (Lipinski definition) is 3. The molecular weight excluding hydrogens is 262 g/mol. The van der Waals surface area contributed by atoms with Crippen molar-refractivity contribution in [3.8, 4) is 0 Å². The lowest BCUT2D eigenvalue weighted by molar-refractivity contribution is 0.0522. The molecule has 0 radical (unpaired) electrons. The van der Waals surface area contributed by atoms with Gasteiger partial charge in [-0.3, -0.25) is 5.10 Å². The number of carbonyl (C=O) groups excluding carboxylic acids is 1. The van der Waals surface area contributed by atoms with Crippen LogP contribution in [-0.4, -0.2) is 48.9 Å². The van der Waals surface area contributed by atoms with E-state index in [1.165, 1.54) is 6.92 Å². The van der Waals surface area contributed by atoms with E-state index in [1.54, 1.807) is 6.92 Å². The van der Waals surface area contributed by atoms with Gasteiger partial charge in [0.05, 0.1) is 18.9 Å². The van der Waals surface area contributed by atoms with Crippen LogP contribution in [0.25, 0.3) is 0 Å². The van der Waals surface area contributed by atoms with Crippen molar-refractivity contribution in [3.05, 3.63) is 11.8 Å². The van der Waals surface area contributed by atoms with Crippen molar-refractivity contribution in [1.29, 1.82) is 0 Å². The second kappa shape index (κ2) is 5.94. The number of carbonyl (C=O) groups is 1. The Hall–Kier alpha value is -1.45. The fourth-order valence-corrected chi connectivity index (χ4v) is 2.34. The molecule has 0 aromatic carbocycles. The molecule has 1 heterocycles. The lowest BCUT2D eigenvalue weighted by atomic mass is 10.4. The summed E-state index contributed by atoms with van der Waals surface area (Å²) < 4.78 is 30.5. The topological polar surface area (TPSA) is 121 Å². The van der Waals surface area contributed by atoms with E-state index in [9.17, 15) is 13.2 Å². The lowest BCUT2D eigenvalue weighted by Crippen LogP contribution is -2.31. The van der Waals surface area contributed by atoms with Gasteiger partial charge in [0.1, 0.15) is 5.56 Å². The maximum atomic E-state index is 11.8. The van der Waals surface area contributed by atoms with E-state index < -0.39 is 22.1 Å². The number of ether oxygens (including phenoxy) is 1. The Morgan fingerprint density at radius 2 is 2.33 bits per heavy atom. The fourth-order valence-electron chi connectivity index (χ4n) is 1.14. The number of H-pyrrole nitrogens is 1. The Labute approximate surface area is 104 Å². The molecule has 0 bridgehead atoms. The van der Waals surface area contributed by atoms with Crippen molar-refractivity contribution in [2.75, 3.05) is 13.2 Å². The molecule has 0 amide bonds. The zero-order valence-electron chi connectivity index (χ0n) is 10.0. The smallest absolute Gasteiger partial charge is 0.342 e. The molecule has 8 nitrogen and oxygen atoms in total. The average Bonchev–Trinajstić information content (AvgIpc) is 2.76. The van der Waals surface area contributed by atoms with Crippen LogP contribution in [0.15, 0.2) is 11.2 Å². The van der Waals surface area contributed by atoms with Crippen LogP contribution >= 0.6 is 0 Å². The molecule has 9 heteroatoms. The van der Waals surface area contributed by atoms with E-state index in [-0.39, 0.29) is 23.7 Å². The molecule has 0 saturated heterocycles. The third-order valence-corrected chi connectivity index (χ3v) is 3.33. The SMILES string of the molecule is CCOC(=O)c1cn[nH]c1S(=O)(=O)NC[C@H](C)O. The Morgan fingerprint density at radius 3 is 2.89 bits per heavy atom. The zero-order valence-corrected chi connectivity index (χ0v) is 10.8. The van der Waals surface area contributed by atoms with Crippen LogP contribution in [0.3, 0.4) is 0 Å². The third-order valence-electron chi connectivity index (χ3n) is 1.94. The first kappa shape index (κ1) is 14.6. The van der Waals surface area contributed by atoms with Crippen LogP contribution in [0, 0.1) is 0 Å². The summed E-state index contributed by atoms with van der Waals surface area (Å²) in [5.41, 5.74) is -0.171. The number of sulfonamides is 1. The minimum absolute atomic E-state index is 0.130. The first-order valence-corrected chi connectivity index (χ1v) is 6.75. The molecule has 0 aliphatic rings. The molecule has 1 aromatic heterocycles. The van der Waals surface area contributed by atoms with Gasteiger partial charge in [0.15, 0.2) is 5.03 Å². The van der Waals surface area contributed by atoms with Gasteiger partial charge < -0.3 is 9.84 Å². The zero-order chi connectivity index (χ0) is 13.8. The number of rotatable bonds is 6. The number of aliphatic hydroxyl groups excluding tert-OH is 1. The molecule has 1 rings (SSSR count). The highest BCUT2D eigenvalue weighted by Gasteiger charge is 2.25. The predicted molar refractivity (Wildman–Crippen MR) is 61.4 cm³/mol. The standard InChI is InChI=1S/C9H15N3O5S/c1-3-17-9(14)7-5-10-12-8(7)18(15,16)11-4-6(2)13/h5-6,11,13H,3-4H2,1-2H3,(H,10,12)/t6-/m0/s1. The van der Waals surface area contributed by atoms with Gasteiger partial charge in [-0.1, -0.05) is 0 Å². The number of aromatic amines is 1. The number of hydrogen-bond acceptors (Lipinski definition) is 6. The maximum Gasteiger partial charge on any atom is 0.342 e. The van der Waals surface area contributed by atoms with Gasteiger partial charge in [0.25, 0.3) is 10.0 Å². The van der Waals surface area contributed by atoms with Gasteiger partial charge in [-0.25, -0.2) is 17.9 Å². The normalized spacial score (nSPS) is 13.3. The highest BCUT2D eigenvalue weighted by molar-refractivity contribution is 7.89.